The van der Waals surface area contributed by atoms with E-state index in [0.717, 1.165) is 11.3 Å². The normalized spacial score (nSPS) is 14.0. The maximum atomic E-state index is 12.2. The highest BCUT2D eigenvalue weighted by Gasteiger charge is 2.21. The summed E-state index contributed by atoms with van der Waals surface area (Å²) in [4.78, 5) is 25.8. The van der Waals surface area contributed by atoms with Gasteiger partial charge in [0.1, 0.15) is 6.54 Å². The van der Waals surface area contributed by atoms with Crippen LogP contribution in [-0.4, -0.2) is 57.9 Å². The number of hydrogen-bond donors (Lipinski definition) is 1. The molecule has 0 radical (unpaired) electrons. The number of hydrogen-bond acceptors (Lipinski definition) is 6. The molecule has 1 aromatic carbocycles. The van der Waals surface area contributed by atoms with Crippen LogP contribution in [0.15, 0.2) is 39.9 Å². The molecule has 0 atom stereocenters. The zero-order valence-electron chi connectivity index (χ0n) is 16.1. The van der Waals surface area contributed by atoms with Crippen molar-refractivity contribution in [3.63, 3.8) is 0 Å². The highest BCUT2D eigenvalue weighted by molar-refractivity contribution is 6.04. The first kappa shape index (κ1) is 19.5. The van der Waals surface area contributed by atoms with Crippen LogP contribution in [0.25, 0.3) is 0 Å². The van der Waals surface area contributed by atoms with Gasteiger partial charge in [0.2, 0.25) is 17.7 Å². The van der Waals surface area contributed by atoms with E-state index in [9.17, 15) is 9.59 Å². The molecule has 9 nitrogen and oxygen atoms in total. The van der Waals surface area contributed by atoms with E-state index in [-0.39, 0.29) is 18.5 Å². The fourth-order valence-corrected chi connectivity index (χ4v) is 2.79. The number of rotatable bonds is 7. The summed E-state index contributed by atoms with van der Waals surface area (Å²) in [5.74, 6) is 0.887. The molecule has 0 saturated carbocycles. The second-order valence-electron chi connectivity index (χ2n) is 6.46. The molecule has 0 unspecified atom stereocenters. The third-order valence-electron chi connectivity index (χ3n) is 4.34. The van der Waals surface area contributed by atoms with Gasteiger partial charge in [0.15, 0.2) is 0 Å². The molecule has 9 heteroatoms. The van der Waals surface area contributed by atoms with Gasteiger partial charge in [0, 0.05) is 32.9 Å². The fraction of sp³-hybridized carbons (Fsp3) is 0.421. The molecule has 0 bridgehead atoms. The van der Waals surface area contributed by atoms with Gasteiger partial charge in [-0.15, -0.1) is 10.2 Å². The lowest BCUT2D eigenvalue weighted by Gasteiger charge is -2.24. The highest BCUT2D eigenvalue weighted by atomic mass is 16.4. The van der Waals surface area contributed by atoms with Crippen LogP contribution in [0.3, 0.4) is 0 Å². The van der Waals surface area contributed by atoms with E-state index in [1.165, 1.54) is 9.91 Å². The summed E-state index contributed by atoms with van der Waals surface area (Å²) in [6.45, 7) is 2.75. The summed E-state index contributed by atoms with van der Waals surface area (Å²) in [6, 6.07) is 9.51. The predicted octanol–water partition coefficient (Wildman–Crippen LogP) is 1.80. The van der Waals surface area contributed by atoms with Crippen LogP contribution >= 0.6 is 0 Å². The van der Waals surface area contributed by atoms with Gasteiger partial charge < -0.3 is 14.6 Å². The minimum atomic E-state index is -0.284. The van der Waals surface area contributed by atoms with Crippen molar-refractivity contribution in [1.82, 2.24) is 25.4 Å². The number of urea groups is 1. The second-order valence-corrected chi connectivity index (χ2v) is 6.46. The highest BCUT2D eigenvalue weighted by Crippen LogP contribution is 2.14. The molecule has 0 aliphatic carbocycles. The molecule has 148 valence electrons. The minimum absolute atomic E-state index is 0.0414. The van der Waals surface area contributed by atoms with Crippen molar-refractivity contribution >= 4 is 17.6 Å². The Morgan fingerprint density at radius 1 is 1.21 bits per heavy atom. The summed E-state index contributed by atoms with van der Waals surface area (Å²) in [5, 5.41) is 16.4. The van der Waals surface area contributed by atoms with Crippen LogP contribution in [0.4, 0.5) is 4.79 Å². The Morgan fingerprint density at radius 3 is 2.68 bits per heavy atom. The van der Waals surface area contributed by atoms with E-state index >= 15 is 0 Å². The van der Waals surface area contributed by atoms with Crippen molar-refractivity contribution in [1.29, 1.82) is 0 Å². The molecule has 28 heavy (non-hydrogen) atoms. The SMILES string of the molecule is CCc1nnc(CN(C)C(=O)NCCN2N=C(c3ccccc3)CCC2=O)o1. The Morgan fingerprint density at radius 2 is 1.96 bits per heavy atom. The molecule has 2 heterocycles. The number of nitrogens with one attached hydrogen (secondary N) is 1. The van der Waals surface area contributed by atoms with Gasteiger partial charge in [-0.25, -0.2) is 9.80 Å². The summed E-state index contributed by atoms with van der Waals surface area (Å²) in [6.07, 6.45) is 1.69. The van der Waals surface area contributed by atoms with Crippen molar-refractivity contribution in [3.8, 4) is 0 Å². The average Bonchev–Trinajstić information content (AvgIpc) is 3.17. The van der Waals surface area contributed by atoms with E-state index in [1.807, 2.05) is 37.3 Å². The van der Waals surface area contributed by atoms with E-state index in [4.69, 9.17) is 4.42 Å². The molecule has 0 saturated heterocycles. The zero-order valence-corrected chi connectivity index (χ0v) is 16.1. The van der Waals surface area contributed by atoms with Gasteiger partial charge >= 0.3 is 6.03 Å². The van der Waals surface area contributed by atoms with Crippen molar-refractivity contribution in [3.05, 3.63) is 47.7 Å². The number of nitrogens with zero attached hydrogens (tertiary/aromatic N) is 5. The van der Waals surface area contributed by atoms with Crippen molar-refractivity contribution in [2.24, 2.45) is 5.10 Å². The molecular weight excluding hydrogens is 360 g/mol. The lowest BCUT2D eigenvalue weighted by atomic mass is 10.0. The third-order valence-corrected chi connectivity index (χ3v) is 4.34. The van der Waals surface area contributed by atoms with Crippen molar-refractivity contribution in [2.75, 3.05) is 20.1 Å². The number of benzene rings is 1. The van der Waals surface area contributed by atoms with E-state index in [1.54, 1.807) is 7.05 Å². The Labute approximate surface area is 163 Å². The maximum Gasteiger partial charge on any atom is 0.317 e. The molecule has 3 amide bonds. The monoisotopic (exact) mass is 384 g/mol. The van der Waals surface area contributed by atoms with Crippen LogP contribution in [-0.2, 0) is 17.8 Å². The standard InChI is InChI=1S/C19H24N6O3/c1-3-16-21-22-17(28-16)13-24(2)19(27)20-11-12-25-18(26)10-9-15(23-25)14-7-5-4-6-8-14/h4-8H,3,9-13H2,1-2H3,(H,20,27). The Bertz CT molecular complexity index is 848. The molecule has 1 aliphatic heterocycles. The van der Waals surface area contributed by atoms with Crippen LogP contribution in [0, 0.1) is 0 Å². The first-order valence-corrected chi connectivity index (χ1v) is 9.30. The first-order chi connectivity index (χ1) is 13.6. The third kappa shape index (κ3) is 4.93. The quantitative estimate of drug-likeness (QED) is 0.784. The number of hydrazone groups is 1. The maximum absolute atomic E-state index is 12.2. The van der Waals surface area contributed by atoms with Gasteiger partial charge in [0.25, 0.3) is 0 Å². The average molecular weight is 384 g/mol. The van der Waals surface area contributed by atoms with Crippen LogP contribution in [0.1, 0.15) is 37.1 Å². The van der Waals surface area contributed by atoms with Gasteiger partial charge in [-0.1, -0.05) is 37.3 Å². The van der Waals surface area contributed by atoms with Crippen LogP contribution < -0.4 is 5.32 Å². The Balaban J connectivity index is 1.50. The molecule has 1 N–H and O–H groups in total. The van der Waals surface area contributed by atoms with Crippen molar-refractivity contribution in [2.45, 2.75) is 32.7 Å². The predicted molar refractivity (Wildman–Crippen MR) is 102 cm³/mol. The minimum Gasteiger partial charge on any atom is -0.423 e. The topological polar surface area (TPSA) is 104 Å². The second kappa shape index (κ2) is 9.12. The Hall–Kier alpha value is -3.23. The Kier molecular flexibility index (Phi) is 6.36. The largest absolute Gasteiger partial charge is 0.423 e. The zero-order chi connectivity index (χ0) is 19.9. The van der Waals surface area contributed by atoms with Gasteiger partial charge in [-0.05, 0) is 5.56 Å². The number of amides is 3. The molecule has 0 spiro atoms. The van der Waals surface area contributed by atoms with Gasteiger partial charge in [0.05, 0.1) is 12.3 Å². The van der Waals surface area contributed by atoms with E-state index < -0.39 is 0 Å². The molecule has 3 rings (SSSR count). The molecule has 0 fully saturated rings. The van der Waals surface area contributed by atoms with Crippen LogP contribution in [0.5, 0.6) is 0 Å². The fourth-order valence-electron chi connectivity index (χ4n) is 2.79. The van der Waals surface area contributed by atoms with E-state index in [0.29, 0.717) is 44.1 Å². The molecule has 1 aliphatic rings. The summed E-state index contributed by atoms with van der Waals surface area (Å²) in [5.41, 5.74) is 1.89. The molecular formula is C19H24N6O3. The van der Waals surface area contributed by atoms with Gasteiger partial charge in [-0.3, -0.25) is 4.79 Å². The lowest BCUT2D eigenvalue weighted by molar-refractivity contribution is -0.131. The van der Waals surface area contributed by atoms with E-state index in [2.05, 4.69) is 20.6 Å². The van der Waals surface area contributed by atoms with Crippen molar-refractivity contribution < 1.29 is 14.0 Å². The first-order valence-electron chi connectivity index (χ1n) is 9.30. The summed E-state index contributed by atoms with van der Waals surface area (Å²) in [7, 11) is 1.64. The molecule has 1 aromatic heterocycles. The summed E-state index contributed by atoms with van der Waals surface area (Å²) < 4.78 is 5.41. The summed E-state index contributed by atoms with van der Waals surface area (Å²) >= 11 is 0. The number of carbonyl (C=O) groups is 2. The lowest BCUT2D eigenvalue weighted by Crippen LogP contribution is -2.42. The van der Waals surface area contributed by atoms with Crippen LogP contribution in [0.2, 0.25) is 0 Å². The smallest absolute Gasteiger partial charge is 0.317 e. The number of carbonyl (C=O) groups excluding carboxylic acids is 2. The molecule has 2 aromatic rings. The number of aromatic nitrogens is 2. The number of aryl methyl sites for hydroxylation is 1. The van der Waals surface area contributed by atoms with Gasteiger partial charge in [-0.2, -0.15) is 5.10 Å².